The fraction of sp³-hybridized carbons (Fsp3) is 0. The molecule has 30 heavy (non-hydrogen) atoms. The topological polar surface area (TPSA) is 121 Å². The van der Waals surface area contributed by atoms with Crippen molar-refractivity contribution in [3.8, 4) is 22.3 Å². The van der Waals surface area contributed by atoms with E-state index < -0.39 is 0 Å². The predicted octanol–water partition coefficient (Wildman–Crippen LogP) is 4.58. The van der Waals surface area contributed by atoms with Gasteiger partial charge in [0, 0.05) is 22.3 Å². The number of hydrogen-bond acceptors (Lipinski definition) is 5. The summed E-state index contributed by atoms with van der Waals surface area (Å²) in [6, 6.07) is 25.8. The van der Waals surface area contributed by atoms with Crippen molar-refractivity contribution < 1.29 is 4.79 Å². The largest absolute Gasteiger partial charge is 0.397 e. The van der Waals surface area contributed by atoms with Gasteiger partial charge in [-0.15, -0.1) is 0 Å². The molecular weight excluding hydrogens is 372 g/mol. The highest BCUT2D eigenvalue weighted by Gasteiger charge is 2.22. The van der Waals surface area contributed by atoms with E-state index in [0.717, 1.165) is 11.1 Å². The third kappa shape index (κ3) is 3.33. The van der Waals surface area contributed by atoms with Gasteiger partial charge in [0.2, 0.25) is 0 Å². The van der Waals surface area contributed by atoms with Crippen molar-refractivity contribution in [3.63, 3.8) is 0 Å². The molecule has 0 aromatic heterocycles. The maximum Gasteiger partial charge on any atom is 0.193 e. The van der Waals surface area contributed by atoms with E-state index >= 15 is 0 Å². The Morgan fingerprint density at radius 3 is 1.80 bits per heavy atom. The first kappa shape index (κ1) is 19.1. The van der Waals surface area contributed by atoms with E-state index in [2.05, 4.69) is 0 Å². The van der Waals surface area contributed by atoms with Crippen molar-refractivity contribution >= 4 is 28.5 Å². The monoisotopic (exact) mass is 394 g/mol. The van der Waals surface area contributed by atoms with Crippen molar-refractivity contribution in [2.45, 2.75) is 0 Å². The molecule has 0 saturated carbocycles. The molecule has 0 atom stereocenters. The number of ketones is 1. The first-order valence-electron chi connectivity index (χ1n) is 9.50. The summed E-state index contributed by atoms with van der Waals surface area (Å²) in [6.45, 7) is 0. The molecule has 0 aliphatic rings. The van der Waals surface area contributed by atoms with Crippen LogP contribution in [0.5, 0.6) is 0 Å². The van der Waals surface area contributed by atoms with Gasteiger partial charge in [0.15, 0.2) is 5.78 Å². The van der Waals surface area contributed by atoms with E-state index in [9.17, 15) is 4.79 Å². The van der Waals surface area contributed by atoms with Gasteiger partial charge >= 0.3 is 0 Å². The Labute approximate surface area is 174 Å². The van der Waals surface area contributed by atoms with Crippen LogP contribution >= 0.6 is 0 Å². The van der Waals surface area contributed by atoms with Crippen molar-refractivity contribution in [1.82, 2.24) is 0 Å². The van der Waals surface area contributed by atoms with E-state index in [1.807, 2.05) is 60.7 Å². The average Bonchev–Trinajstić information content (AvgIpc) is 2.78. The molecule has 0 aliphatic carbocycles. The summed E-state index contributed by atoms with van der Waals surface area (Å²) in [5.74, 6) is -0.204. The molecule has 5 nitrogen and oxygen atoms in total. The Hall–Kier alpha value is -4.25. The normalized spacial score (nSPS) is 10.7. The Bertz CT molecular complexity index is 1240. The van der Waals surface area contributed by atoms with Crippen molar-refractivity contribution in [1.29, 1.82) is 0 Å². The standard InChI is InChI=1S/C25H22N4O/c26-20-12-11-17(13-21(20)27)25(30)19-14-18(15-7-3-1-4-8-15)23(28)24(29)22(19)16-9-5-2-6-10-16/h1-14H,26-29H2. The smallest absolute Gasteiger partial charge is 0.193 e. The lowest BCUT2D eigenvalue weighted by Gasteiger charge is -2.18. The van der Waals surface area contributed by atoms with Crippen LogP contribution in [0, 0.1) is 0 Å². The first-order valence-corrected chi connectivity index (χ1v) is 9.50. The third-order valence-electron chi connectivity index (χ3n) is 5.15. The zero-order chi connectivity index (χ0) is 21.3. The van der Waals surface area contributed by atoms with Crippen LogP contribution in [-0.4, -0.2) is 5.78 Å². The summed E-state index contributed by atoms with van der Waals surface area (Å²) in [7, 11) is 0. The van der Waals surface area contributed by atoms with Gasteiger partial charge in [-0.05, 0) is 35.4 Å². The lowest BCUT2D eigenvalue weighted by molar-refractivity contribution is 0.103. The van der Waals surface area contributed by atoms with Gasteiger partial charge in [-0.3, -0.25) is 4.79 Å². The fourth-order valence-electron chi connectivity index (χ4n) is 3.54. The van der Waals surface area contributed by atoms with E-state index in [-0.39, 0.29) is 5.78 Å². The molecule has 0 unspecified atom stereocenters. The Morgan fingerprint density at radius 2 is 1.20 bits per heavy atom. The molecular formula is C25H22N4O. The van der Waals surface area contributed by atoms with Crippen LogP contribution in [0.15, 0.2) is 84.9 Å². The number of carbonyl (C=O) groups excluding carboxylic acids is 1. The van der Waals surface area contributed by atoms with Crippen molar-refractivity contribution in [3.05, 3.63) is 96.1 Å². The average molecular weight is 394 g/mol. The van der Waals surface area contributed by atoms with Crippen LogP contribution in [-0.2, 0) is 0 Å². The Balaban J connectivity index is 2.00. The van der Waals surface area contributed by atoms with Gasteiger partial charge in [0.25, 0.3) is 0 Å². The van der Waals surface area contributed by atoms with Crippen LogP contribution < -0.4 is 22.9 Å². The Kier molecular flexibility index (Phi) is 4.86. The first-order chi connectivity index (χ1) is 14.5. The summed E-state index contributed by atoms with van der Waals surface area (Å²) in [5.41, 5.74) is 30.2. The summed E-state index contributed by atoms with van der Waals surface area (Å²) in [6.07, 6.45) is 0. The second-order valence-corrected chi connectivity index (χ2v) is 7.08. The molecule has 4 rings (SSSR count). The zero-order valence-electron chi connectivity index (χ0n) is 16.3. The van der Waals surface area contributed by atoms with Crippen LogP contribution in [0.25, 0.3) is 22.3 Å². The fourth-order valence-corrected chi connectivity index (χ4v) is 3.54. The van der Waals surface area contributed by atoms with Gasteiger partial charge in [0.1, 0.15) is 0 Å². The lowest BCUT2D eigenvalue weighted by Crippen LogP contribution is -2.10. The quantitative estimate of drug-likeness (QED) is 0.298. The van der Waals surface area contributed by atoms with Crippen LogP contribution in [0.3, 0.4) is 0 Å². The molecule has 5 heteroatoms. The minimum Gasteiger partial charge on any atom is -0.397 e. The van der Waals surface area contributed by atoms with Crippen molar-refractivity contribution in [2.75, 3.05) is 22.9 Å². The minimum atomic E-state index is -0.204. The zero-order valence-corrected chi connectivity index (χ0v) is 16.3. The van der Waals surface area contributed by atoms with E-state index in [4.69, 9.17) is 22.9 Å². The maximum absolute atomic E-state index is 13.6. The van der Waals surface area contributed by atoms with Gasteiger partial charge in [0.05, 0.1) is 22.7 Å². The number of nitrogens with two attached hydrogens (primary N) is 4. The molecule has 4 aromatic carbocycles. The van der Waals surface area contributed by atoms with Gasteiger partial charge < -0.3 is 22.9 Å². The van der Waals surface area contributed by atoms with Gasteiger partial charge in [-0.1, -0.05) is 60.7 Å². The van der Waals surface area contributed by atoms with Gasteiger partial charge in [-0.25, -0.2) is 0 Å². The molecule has 148 valence electrons. The highest BCUT2D eigenvalue weighted by molar-refractivity contribution is 6.17. The molecule has 0 radical (unpaired) electrons. The van der Waals surface area contributed by atoms with E-state index in [1.165, 1.54) is 0 Å². The number of benzene rings is 4. The number of rotatable bonds is 4. The minimum absolute atomic E-state index is 0.204. The van der Waals surface area contributed by atoms with Crippen LogP contribution in [0.1, 0.15) is 15.9 Å². The molecule has 0 fully saturated rings. The molecule has 4 aromatic rings. The van der Waals surface area contributed by atoms with Crippen LogP contribution in [0.2, 0.25) is 0 Å². The van der Waals surface area contributed by atoms with Gasteiger partial charge in [-0.2, -0.15) is 0 Å². The highest BCUT2D eigenvalue weighted by atomic mass is 16.1. The predicted molar refractivity (Wildman–Crippen MR) is 125 cm³/mol. The summed E-state index contributed by atoms with van der Waals surface area (Å²) in [4.78, 5) is 13.6. The summed E-state index contributed by atoms with van der Waals surface area (Å²) in [5, 5.41) is 0. The third-order valence-corrected chi connectivity index (χ3v) is 5.15. The van der Waals surface area contributed by atoms with E-state index in [1.54, 1.807) is 24.3 Å². The maximum atomic E-state index is 13.6. The summed E-state index contributed by atoms with van der Waals surface area (Å²) < 4.78 is 0. The molecule has 0 saturated heterocycles. The Morgan fingerprint density at radius 1 is 0.600 bits per heavy atom. The highest BCUT2D eigenvalue weighted by Crippen LogP contribution is 2.41. The van der Waals surface area contributed by atoms with E-state index in [0.29, 0.717) is 45.0 Å². The number of hydrogen-bond donors (Lipinski definition) is 4. The summed E-state index contributed by atoms with van der Waals surface area (Å²) >= 11 is 0. The molecule has 0 amide bonds. The molecule has 0 spiro atoms. The molecule has 0 heterocycles. The lowest BCUT2D eigenvalue weighted by atomic mass is 9.88. The van der Waals surface area contributed by atoms with Crippen molar-refractivity contribution in [2.24, 2.45) is 0 Å². The number of nitrogen functional groups attached to an aromatic ring is 4. The number of anilines is 4. The molecule has 0 bridgehead atoms. The molecule has 0 aliphatic heterocycles. The van der Waals surface area contributed by atoms with Crippen LogP contribution in [0.4, 0.5) is 22.7 Å². The SMILES string of the molecule is Nc1ccc(C(=O)c2cc(-c3ccccc3)c(N)c(N)c2-c2ccccc2)cc1N. The second-order valence-electron chi connectivity index (χ2n) is 7.08. The second kappa shape index (κ2) is 7.64. The molecule has 8 N–H and O–H groups in total. The number of carbonyl (C=O) groups is 1.